The average Bonchev–Trinajstić information content (AvgIpc) is 2.64. The van der Waals surface area contributed by atoms with Gasteiger partial charge in [0, 0.05) is 13.5 Å². The summed E-state index contributed by atoms with van der Waals surface area (Å²) in [6.07, 6.45) is 1.56. The zero-order valence-electron chi connectivity index (χ0n) is 8.72. The van der Waals surface area contributed by atoms with Gasteiger partial charge < -0.3 is 0 Å². The van der Waals surface area contributed by atoms with Gasteiger partial charge in [-0.15, -0.1) is 5.10 Å². The van der Waals surface area contributed by atoms with Crippen molar-refractivity contribution in [2.75, 3.05) is 0 Å². The van der Waals surface area contributed by atoms with E-state index in [0.717, 1.165) is 0 Å². The van der Waals surface area contributed by atoms with Crippen molar-refractivity contribution in [1.82, 2.24) is 15.0 Å². The fourth-order valence-corrected chi connectivity index (χ4v) is 1.47. The highest BCUT2D eigenvalue weighted by atomic mass is 19.1. The lowest BCUT2D eigenvalue weighted by atomic mass is 10.1. The van der Waals surface area contributed by atoms with Crippen LogP contribution < -0.4 is 0 Å². The third-order valence-corrected chi connectivity index (χ3v) is 2.25. The number of benzene rings is 1. The Morgan fingerprint density at radius 2 is 2.31 bits per heavy atom. The first kappa shape index (κ1) is 10.5. The Labute approximate surface area is 91.7 Å². The predicted molar refractivity (Wildman–Crippen MR) is 55.4 cm³/mol. The number of halogens is 1. The zero-order chi connectivity index (χ0) is 11.5. The summed E-state index contributed by atoms with van der Waals surface area (Å²) < 4.78 is 14.3. The number of hydrogen-bond acceptors (Lipinski definition) is 3. The van der Waals surface area contributed by atoms with Crippen molar-refractivity contribution >= 4 is 5.78 Å². The molecule has 1 aromatic heterocycles. The van der Waals surface area contributed by atoms with Gasteiger partial charge in [-0.05, 0) is 17.7 Å². The molecule has 0 atom stereocenters. The summed E-state index contributed by atoms with van der Waals surface area (Å²) in [4.78, 5) is 11.8. The lowest BCUT2D eigenvalue weighted by Gasteiger charge is -2.00. The summed E-state index contributed by atoms with van der Waals surface area (Å²) in [6, 6.07) is 5.99. The summed E-state index contributed by atoms with van der Waals surface area (Å²) in [5, 5.41) is 7.29. The van der Waals surface area contributed by atoms with E-state index in [1.807, 2.05) is 0 Å². The van der Waals surface area contributed by atoms with Crippen molar-refractivity contribution in [2.24, 2.45) is 7.05 Å². The van der Waals surface area contributed by atoms with E-state index in [1.165, 1.54) is 23.0 Å². The molecule has 82 valence electrons. The van der Waals surface area contributed by atoms with E-state index in [4.69, 9.17) is 0 Å². The number of rotatable bonds is 3. The van der Waals surface area contributed by atoms with Gasteiger partial charge in [-0.1, -0.05) is 17.3 Å². The fourth-order valence-electron chi connectivity index (χ4n) is 1.47. The van der Waals surface area contributed by atoms with Crippen LogP contribution in [0.3, 0.4) is 0 Å². The Hall–Kier alpha value is -2.04. The van der Waals surface area contributed by atoms with E-state index in [0.29, 0.717) is 11.3 Å². The molecule has 0 amide bonds. The van der Waals surface area contributed by atoms with Crippen LogP contribution >= 0.6 is 0 Å². The average molecular weight is 219 g/mol. The van der Waals surface area contributed by atoms with Crippen LogP contribution in [0.15, 0.2) is 30.5 Å². The van der Waals surface area contributed by atoms with Crippen molar-refractivity contribution in [3.05, 3.63) is 47.5 Å². The maximum atomic E-state index is 12.9. The van der Waals surface area contributed by atoms with Crippen molar-refractivity contribution < 1.29 is 9.18 Å². The highest BCUT2D eigenvalue weighted by Gasteiger charge is 2.11. The van der Waals surface area contributed by atoms with Gasteiger partial charge in [0.15, 0.2) is 5.78 Å². The number of Topliss-reactive ketones (excluding diaryl/α,β-unsaturated/α-hetero) is 1. The van der Waals surface area contributed by atoms with Crippen LogP contribution in [0.2, 0.25) is 0 Å². The molecule has 0 unspecified atom stereocenters. The molecule has 1 heterocycles. The zero-order valence-corrected chi connectivity index (χ0v) is 8.72. The molecule has 0 fully saturated rings. The summed E-state index contributed by atoms with van der Waals surface area (Å²) in [5.74, 6) is -0.466. The van der Waals surface area contributed by atoms with Gasteiger partial charge >= 0.3 is 0 Å². The second-order valence-electron chi connectivity index (χ2n) is 3.47. The molecule has 0 bridgehead atoms. The normalized spacial score (nSPS) is 10.4. The van der Waals surface area contributed by atoms with Crippen molar-refractivity contribution in [1.29, 1.82) is 0 Å². The monoisotopic (exact) mass is 219 g/mol. The maximum absolute atomic E-state index is 12.9. The molecule has 0 spiro atoms. The van der Waals surface area contributed by atoms with Crippen molar-refractivity contribution in [3.8, 4) is 0 Å². The topological polar surface area (TPSA) is 47.8 Å². The van der Waals surface area contributed by atoms with Crippen LogP contribution in [-0.2, 0) is 13.5 Å². The van der Waals surface area contributed by atoms with Gasteiger partial charge in [-0.3, -0.25) is 4.79 Å². The van der Waals surface area contributed by atoms with E-state index in [9.17, 15) is 9.18 Å². The van der Waals surface area contributed by atoms with Crippen LogP contribution in [0.25, 0.3) is 0 Å². The molecule has 2 rings (SSSR count). The SMILES string of the molecule is Cn1nncc1C(=O)Cc1cccc(F)c1. The predicted octanol–water partition coefficient (Wildman–Crippen LogP) is 1.38. The van der Waals surface area contributed by atoms with Crippen LogP contribution in [0.1, 0.15) is 16.1 Å². The van der Waals surface area contributed by atoms with E-state index >= 15 is 0 Å². The standard InChI is InChI=1S/C11H10FN3O/c1-15-10(7-13-14-15)11(16)6-8-3-2-4-9(12)5-8/h2-5,7H,6H2,1H3. The summed E-state index contributed by atoms with van der Waals surface area (Å²) in [5.41, 5.74) is 1.07. The number of aromatic nitrogens is 3. The minimum Gasteiger partial charge on any atom is -0.292 e. The van der Waals surface area contributed by atoms with Crippen LogP contribution in [-0.4, -0.2) is 20.8 Å². The first-order valence-electron chi connectivity index (χ1n) is 4.79. The number of carbonyl (C=O) groups excluding carboxylic acids is 1. The molecule has 0 aliphatic heterocycles. The fraction of sp³-hybridized carbons (Fsp3) is 0.182. The van der Waals surface area contributed by atoms with Gasteiger partial charge in [0.05, 0.1) is 6.20 Å². The second-order valence-corrected chi connectivity index (χ2v) is 3.47. The summed E-state index contributed by atoms with van der Waals surface area (Å²) in [6.45, 7) is 0. The van der Waals surface area contributed by atoms with Gasteiger partial charge in [0.25, 0.3) is 0 Å². The molecular formula is C11H10FN3O. The van der Waals surface area contributed by atoms with Crippen molar-refractivity contribution in [2.45, 2.75) is 6.42 Å². The Kier molecular flexibility index (Phi) is 2.76. The van der Waals surface area contributed by atoms with Gasteiger partial charge in [0.1, 0.15) is 11.5 Å². The Morgan fingerprint density at radius 1 is 1.50 bits per heavy atom. The highest BCUT2D eigenvalue weighted by Crippen LogP contribution is 2.07. The molecule has 5 heteroatoms. The number of hydrogen-bond donors (Lipinski definition) is 0. The minimum atomic E-state index is -0.339. The van der Waals surface area contributed by atoms with Crippen LogP contribution in [0.5, 0.6) is 0 Å². The first-order chi connectivity index (χ1) is 7.66. The lowest BCUT2D eigenvalue weighted by Crippen LogP contribution is -2.09. The first-order valence-corrected chi connectivity index (χ1v) is 4.79. The molecule has 0 saturated heterocycles. The van der Waals surface area contributed by atoms with Crippen LogP contribution in [0.4, 0.5) is 4.39 Å². The molecule has 16 heavy (non-hydrogen) atoms. The molecule has 0 N–H and O–H groups in total. The largest absolute Gasteiger partial charge is 0.292 e. The van der Waals surface area contributed by atoms with Gasteiger partial charge in [-0.2, -0.15) is 0 Å². The third kappa shape index (κ3) is 2.13. The second kappa shape index (κ2) is 4.22. The summed E-state index contributed by atoms with van der Waals surface area (Å²) >= 11 is 0. The van der Waals surface area contributed by atoms with E-state index in [1.54, 1.807) is 19.2 Å². The molecule has 2 aromatic rings. The maximum Gasteiger partial charge on any atom is 0.186 e. The number of aryl methyl sites for hydroxylation is 1. The lowest BCUT2D eigenvalue weighted by molar-refractivity contribution is 0.0984. The number of nitrogens with zero attached hydrogens (tertiary/aromatic N) is 3. The molecular weight excluding hydrogens is 209 g/mol. The smallest absolute Gasteiger partial charge is 0.186 e. The third-order valence-electron chi connectivity index (χ3n) is 2.25. The van der Waals surface area contributed by atoms with E-state index < -0.39 is 0 Å². The van der Waals surface area contributed by atoms with Crippen LogP contribution in [0, 0.1) is 5.82 Å². The molecule has 0 saturated carbocycles. The Bertz CT molecular complexity index is 521. The van der Waals surface area contributed by atoms with Crippen molar-refractivity contribution in [3.63, 3.8) is 0 Å². The van der Waals surface area contributed by atoms with Gasteiger partial charge in [-0.25, -0.2) is 9.07 Å². The molecule has 0 aliphatic rings. The van der Waals surface area contributed by atoms with E-state index in [2.05, 4.69) is 10.3 Å². The number of carbonyl (C=O) groups is 1. The molecule has 0 radical (unpaired) electrons. The number of ketones is 1. The highest BCUT2D eigenvalue weighted by molar-refractivity contribution is 5.95. The minimum absolute atomic E-state index is 0.127. The Morgan fingerprint density at radius 3 is 2.94 bits per heavy atom. The molecule has 1 aromatic carbocycles. The molecule has 4 nitrogen and oxygen atoms in total. The van der Waals surface area contributed by atoms with E-state index in [-0.39, 0.29) is 18.0 Å². The summed E-state index contributed by atoms with van der Waals surface area (Å²) in [7, 11) is 1.64. The Balaban J connectivity index is 2.17. The quantitative estimate of drug-likeness (QED) is 0.733. The molecule has 0 aliphatic carbocycles. The van der Waals surface area contributed by atoms with Gasteiger partial charge in [0.2, 0.25) is 0 Å².